The first kappa shape index (κ1) is 13.6. The second-order valence-corrected chi connectivity index (χ2v) is 6.36. The second kappa shape index (κ2) is 6.34. The van der Waals surface area contributed by atoms with Gasteiger partial charge in [0.05, 0.1) is 6.42 Å². The minimum Gasteiger partial charge on any atom is -0.340 e. The number of hydrogen-bond acceptors (Lipinski definition) is 3. The predicted octanol–water partition coefficient (Wildman–Crippen LogP) is 2.09. The third-order valence-electron chi connectivity index (χ3n) is 3.25. The smallest absolute Gasteiger partial charge is 0.227 e. The van der Waals surface area contributed by atoms with Crippen LogP contribution in [0.2, 0.25) is 0 Å². The lowest BCUT2D eigenvalue weighted by molar-refractivity contribution is -0.132. The molecule has 1 amide bonds. The van der Waals surface area contributed by atoms with Crippen molar-refractivity contribution in [2.45, 2.75) is 20.3 Å². The molecular weight excluding hydrogens is 244 g/mol. The zero-order chi connectivity index (χ0) is 13.0. The van der Waals surface area contributed by atoms with Crippen LogP contribution in [0.1, 0.15) is 18.7 Å². The fourth-order valence-electron chi connectivity index (χ4n) is 2.37. The van der Waals surface area contributed by atoms with Gasteiger partial charge in [-0.1, -0.05) is 19.9 Å². The van der Waals surface area contributed by atoms with E-state index in [1.165, 1.54) is 4.88 Å². The number of carbonyl (C=O) groups excluding carboxylic acids is 1. The molecule has 0 aromatic carbocycles. The molecule has 0 radical (unpaired) electrons. The van der Waals surface area contributed by atoms with Crippen molar-refractivity contribution in [2.24, 2.45) is 5.92 Å². The quantitative estimate of drug-likeness (QED) is 0.833. The number of nitrogens with zero attached hydrogens (tertiary/aromatic N) is 2. The molecule has 0 unspecified atom stereocenters. The molecule has 0 spiro atoms. The van der Waals surface area contributed by atoms with Gasteiger partial charge in [0.1, 0.15) is 0 Å². The Kier molecular flexibility index (Phi) is 4.78. The van der Waals surface area contributed by atoms with Crippen LogP contribution in [0.4, 0.5) is 0 Å². The predicted molar refractivity (Wildman–Crippen MR) is 75.9 cm³/mol. The molecule has 0 aliphatic carbocycles. The Morgan fingerprint density at radius 1 is 1.33 bits per heavy atom. The minimum absolute atomic E-state index is 0.279. The average Bonchev–Trinajstić information content (AvgIpc) is 2.82. The van der Waals surface area contributed by atoms with E-state index in [1.807, 2.05) is 22.4 Å². The number of piperazine rings is 1. The van der Waals surface area contributed by atoms with Gasteiger partial charge in [0, 0.05) is 37.6 Å². The van der Waals surface area contributed by atoms with Gasteiger partial charge in [-0.15, -0.1) is 11.3 Å². The number of amides is 1. The Balaban J connectivity index is 1.77. The summed E-state index contributed by atoms with van der Waals surface area (Å²) < 4.78 is 0. The summed E-state index contributed by atoms with van der Waals surface area (Å²) in [6.07, 6.45) is 0.571. The van der Waals surface area contributed by atoms with Crippen LogP contribution in [0.25, 0.3) is 0 Å². The molecule has 18 heavy (non-hydrogen) atoms. The largest absolute Gasteiger partial charge is 0.340 e. The van der Waals surface area contributed by atoms with Crippen LogP contribution in [0.5, 0.6) is 0 Å². The van der Waals surface area contributed by atoms with E-state index in [1.54, 1.807) is 11.3 Å². The highest BCUT2D eigenvalue weighted by Crippen LogP contribution is 2.12. The molecule has 1 aromatic heterocycles. The summed E-state index contributed by atoms with van der Waals surface area (Å²) in [5, 5.41) is 2.03. The molecule has 1 aliphatic heterocycles. The highest BCUT2D eigenvalue weighted by molar-refractivity contribution is 7.10. The van der Waals surface area contributed by atoms with Gasteiger partial charge in [0.15, 0.2) is 0 Å². The van der Waals surface area contributed by atoms with Crippen LogP contribution < -0.4 is 0 Å². The highest BCUT2D eigenvalue weighted by atomic mass is 32.1. The summed E-state index contributed by atoms with van der Waals surface area (Å²) in [6.45, 7) is 9.45. The Bertz CT molecular complexity index is 367. The van der Waals surface area contributed by atoms with Crippen molar-refractivity contribution in [2.75, 3.05) is 32.7 Å². The van der Waals surface area contributed by atoms with Crippen molar-refractivity contribution in [1.82, 2.24) is 9.80 Å². The third kappa shape index (κ3) is 3.82. The first-order valence-corrected chi connectivity index (χ1v) is 7.55. The maximum atomic E-state index is 12.1. The normalized spacial score (nSPS) is 17.4. The molecule has 0 atom stereocenters. The Labute approximate surface area is 113 Å². The van der Waals surface area contributed by atoms with Crippen molar-refractivity contribution in [3.63, 3.8) is 0 Å². The Hall–Kier alpha value is -0.870. The monoisotopic (exact) mass is 266 g/mol. The molecule has 0 saturated carbocycles. The van der Waals surface area contributed by atoms with Crippen molar-refractivity contribution in [1.29, 1.82) is 0 Å². The fraction of sp³-hybridized carbons (Fsp3) is 0.643. The Morgan fingerprint density at radius 2 is 2.06 bits per heavy atom. The van der Waals surface area contributed by atoms with Gasteiger partial charge in [-0.25, -0.2) is 0 Å². The summed E-state index contributed by atoms with van der Waals surface area (Å²) in [7, 11) is 0. The molecule has 1 aliphatic rings. The first-order chi connectivity index (χ1) is 8.65. The molecule has 4 heteroatoms. The highest BCUT2D eigenvalue weighted by Gasteiger charge is 2.21. The average molecular weight is 266 g/mol. The first-order valence-electron chi connectivity index (χ1n) is 6.67. The van der Waals surface area contributed by atoms with Crippen LogP contribution in [0.15, 0.2) is 17.5 Å². The molecule has 1 aromatic rings. The van der Waals surface area contributed by atoms with Gasteiger partial charge in [-0.2, -0.15) is 0 Å². The minimum atomic E-state index is 0.279. The number of rotatable bonds is 4. The molecule has 0 bridgehead atoms. The van der Waals surface area contributed by atoms with Crippen LogP contribution in [0, 0.1) is 5.92 Å². The lowest BCUT2D eigenvalue weighted by Crippen LogP contribution is -2.49. The maximum absolute atomic E-state index is 12.1. The van der Waals surface area contributed by atoms with E-state index in [0.29, 0.717) is 12.3 Å². The molecule has 1 fully saturated rings. The summed E-state index contributed by atoms with van der Waals surface area (Å²) in [5.41, 5.74) is 0. The molecule has 100 valence electrons. The Morgan fingerprint density at radius 3 is 2.61 bits per heavy atom. The lowest BCUT2D eigenvalue weighted by atomic mass is 10.2. The van der Waals surface area contributed by atoms with Crippen molar-refractivity contribution < 1.29 is 4.79 Å². The zero-order valence-electron chi connectivity index (χ0n) is 11.3. The van der Waals surface area contributed by atoms with E-state index in [2.05, 4.69) is 18.7 Å². The molecule has 0 N–H and O–H groups in total. The number of carbonyl (C=O) groups is 1. The van der Waals surface area contributed by atoms with Crippen LogP contribution in [0.3, 0.4) is 0 Å². The fourth-order valence-corrected chi connectivity index (χ4v) is 3.07. The molecule has 3 nitrogen and oxygen atoms in total. The van der Waals surface area contributed by atoms with E-state index in [9.17, 15) is 4.79 Å². The SMILES string of the molecule is CC(C)CN1CCN(C(=O)Cc2cccs2)CC1. The van der Waals surface area contributed by atoms with Crippen molar-refractivity contribution in [3.05, 3.63) is 22.4 Å². The zero-order valence-corrected chi connectivity index (χ0v) is 12.1. The van der Waals surface area contributed by atoms with Crippen LogP contribution in [-0.4, -0.2) is 48.4 Å². The second-order valence-electron chi connectivity index (χ2n) is 5.33. The van der Waals surface area contributed by atoms with E-state index >= 15 is 0 Å². The van der Waals surface area contributed by atoms with E-state index < -0.39 is 0 Å². The molecular formula is C14H22N2OS. The summed E-state index contributed by atoms with van der Waals surface area (Å²) in [5.74, 6) is 0.986. The van der Waals surface area contributed by atoms with Gasteiger partial charge < -0.3 is 4.90 Å². The van der Waals surface area contributed by atoms with Gasteiger partial charge in [-0.05, 0) is 17.4 Å². The molecule has 2 heterocycles. The molecule has 1 saturated heterocycles. The van der Waals surface area contributed by atoms with Gasteiger partial charge >= 0.3 is 0 Å². The van der Waals surface area contributed by atoms with E-state index in [0.717, 1.165) is 32.7 Å². The standard InChI is InChI=1S/C14H22N2OS/c1-12(2)11-15-5-7-16(8-6-15)14(17)10-13-4-3-9-18-13/h3-4,9,12H,5-8,10-11H2,1-2H3. The van der Waals surface area contributed by atoms with Gasteiger partial charge in [0.25, 0.3) is 0 Å². The topological polar surface area (TPSA) is 23.6 Å². The van der Waals surface area contributed by atoms with Gasteiger partial charge in [0.2, 0.25) is 5.91 Å². The van der Waals surface area contributed by atoms with Gasteiger partial charge in [-0.3, -0.25) is 9.69 Å². The van der Waals surface area contributed by atoms with E-state index in [-0.39, 0.29) is 5.91 Å². The summed E-state index contributed by atoms with van der Waals surface area (Å²) in [4.78, 5) is 17.7. The summed E-state index contributed by atoms with van der Waals surface area (Å²) in [6, 6.07) is 4.05. The summed E-state index contributed by atoms with van der Waals surface area (Å²) >= 11 is 1.67. The van der Waals surface area contributed by atoms with E-state index in [4.69, 9.17) is 0 Å². The van der Waals surface area contributed by atoms with Crippen molar-refractivity contribution in [3.8, 4) is 0 Å². The van der Waals surface area contributed by atoms with Crippen LogP contribution >= 0.6 is 11.3 Å². The van der Waals surface area contributed by atoms with Crippen molar-refractivity contribution >= 4 is 17.2 Å². The number of thiophene rings is 1. The van der Waals surface area contributed by atoms with Crippen LogP contribution in [-0.2, 0) is 11.2 Å². The number of hydrogen-bond donors (Lipinski definition) is 0. The maximum Gasteiger partial charge on any atom is 0.227 e. The molecule has 2 rings (SSSR count). The lowest BCUT2D eigenvalue weighted by Gasteiger charge is -2.35. The third-order valence-corrected chi connectivity index (χ3v) is 4.13.